The van der Waals surface area contributed by atoms with Gasteiger partial charge in [-0.3, -0.25) is 9.59 Å². The zero-order chi connectivity index (χ0) is 44.1. The summed E-state index contributed by atoms with van der Waals surface area (Å²) in [6, 6.07) is 30.9. The number of carbonyl (C=O) groups excluding carboxylic acids is 3. The van der Waals surface area contributed by atoms with Gasteiger partial charge in [0.05, 0.1) is 24.0 Å². The summed E-state index contributed by atoms with van der Waals surface area (Å²) >= 11 is 0. The van der Waals surface area contributed by atoms with Gasteiger partial charge in [0.2, 0.25) is 11.8 Å². The van der Waals surface area contributed by atoms with Crippen molar-refractivity contribution in [2.24, 2.45) is 11.5 Å². The van der Waals surface area contributed by atoms with Gasteiger partial charge in [-0.2, -0.15) is 0 Å². The summed E-state index contributed by atoms with van der Waals surface area (Å²) in [5, 5.41) is 6.16. The molecule has 63 heavy (non-hydrogen) atoms. The molecule has 0 saturated heterocycles. The monoisotopic (exact) mass is 838 g/mol. The van der Waals surface area contributed by atoms with Crippen LogP contribution in [0.15, 0.2) is 102 Å². The number of fused-ring (bicyclic) bond motifs is 4. The number of benzene rings is 4. The highest BCUT2D eigenvalue weighted by molar-refractivity contribution is 6.05. The summed E-state index contributed by atoms with van der Waals surface area (Å²) < 4.78 is 5.26. The number of rotatable bonds is 10. The fraction of sp³-hybridized carbons (Fsp3) is 0.264. The van der Waals surface area contributed by atoms with Gasteiger partial charge in [0, 0.05) is 71.9 Å². The second-order valence-electron chi connectivity index (χ2n) is 17.3. The quantitative estimate of drug-likeness (QED) is 0.0752. The van der Waals surface area contributed by atoms with Crippen molar-refractivity contribution in [2.45, 2.75) is 84.2 Å². The summed E-state index contributed by atoms with van der Waals surface area (Å²) in [7, 11) is 0. The Hall–Kier alpha value is -6.75. The minimum atomic E-state index is -0.336. The number of aryl methyl sites for hydroxylation is 3. The van der Waals surface area contributed by atoms with Crippen LogP contribution in [-0.4, -0.2) is 34.4 Å². The number of esters is 1. The van der Waals surface area contributed by atoms with Crippen LogP contribution in [0, 0.1) is 27.7 Å². The Morgan fingerprint density at radius 1 is 0.619 bits per heavy atom. The van der Waals surface area contributed by atoms with Crippen molar-refractivity contribution in [3.05, 3.63) is 186 Å². The summed E-state index contributed by atoms with van der Waals surface area (Å²) in [5.41, 5.74) is 31.7. The number of allylic oxidation sites excluding steroid dienone is 2. The summed E-state index contributed by atoms with van der Waals surface area (Å²) in [6.45, 7) is 11.1. The summed E-state index contributed by atoms with van der Waals surface area (Å²) in [4.78, 5) is 45.8. The highest BCUT2D eigenvalue weighted by atomic mass is 16.5. The van der Waals surface area contributed by atoms with E-state index in [0.29, 0.717) is 31.7 Å². The van der Waals surface area contributed by atoms with Crippen LogP contribution in [0.3, 0.4) is 0 Å². The summed E-state index contributed by atoms with van der Waals surface area (Å²) in [5.74, 6) is -0.869. The molecule has 4 atom stereocenters. The largest absolute Gasteiger partial charge is 0.462 e. The van der Waals surface area contributed by atoms with E-state index >= 15 is 0 Å². The molecule has 8 N–H and O–H groups in total. The van der Waals surface area contributed by atoms with E-state index in [0.717, 1.165) is 73.7 Å². The minimum absolute atomic E-state index is 0.00313. The standard InChI is InChI=1S/C28H29N3O3.C25H25N3O/c1-4-34-28(33)24-15(2)23(30-16(24)3)13-19-12-18-7-5-6-8-20(18)25(19)26-21-11-17(14-29)9-10-22(21)31-27(26)32;1-14-9-15(2)27-22(14)12-18-11-17-5-3-4-6-19(17)23(18)24-20-10-16(13-26)7-8-21(20)28-25(24)29/h5-12,25-26,30H,4,13-14,29H2,1-3H3,(H,31,32);3-11,23-24,27H,12-13,26H2,1-2H3,(H,28,29). The minimum Gasteiger partial charge on any atom is -0.462 e. The van der Waals surface area contributed by atoms with Gasteiger partial charge in [0.1, 0.15) is 0 Å². The molecule has 6 aromatic rings. The van der Waals surface area contributed by atoms with Crippen LogP contribution < -0.4 is 22.1 Å². The average molecular weight is 839 g/mol. The normalized spacial score (nSPS) is 19.0. The number of hydrogen-bond donors (Lipinski definition) is 6. The maximum absolute atomic E-state index is 13.3. The number of nitrogens with one attached hydrogen (secondary N) is 4. The molecule has 2 aliphatic carbocycles. The smallest absolute Gasteiger partial charge is 0.340 e. The molecule has 2 amide bonds. The molecule has 10 heteroatoms. The Morgan fingerprint density at radius 2 is 1.13 bits per heavy atom. The summed E-state index contributed by atoms with van der Waals surface area (Å²) in [6.07, 6.45) is 5.89. The van der Waals surface area contributed by atoms with Gasteiger partial charge in [-0.25, -0.2) is 4.79 Å². The molecule has 0 radical (unpaired) electrons. The molecule has 4 unspecified atom stereocenters. The molecule has 0 spiro atoms. The van der Waals surface area contributed by atoms with E-state index in [1.165, 1.54) is 33.7 Å². The number of amides is 2. The van der Waals surface area contributed by atoms with Crippen molar-refractivity contribution in [1.82, 2.24) is 9.97 Å². The van der Waals surface area contributed by atoms with Crippen LogP contribution >= 0.6 is 0 Å². The molecule has 0 bridgehead atoms. The lowest BCUT2D eigenvalue weighted by molar-refractivity contribution is -0.118. The fourth-order valence-electron chi connectivity index (χ4n) is 10.4. The first-order chi connectivity index (χ1) is 30.5. The van der Waals surface area contributed by atoms with Crippen molar-refractivity contribution in [3.8, 4) is 0 Å². The first kappa shape index (κ1) is 41.6. The molecule has 0 saturated carbocycles. The SMILES string of the molecule is CCOC(=O)c1c(C)[nH]c(CC2=Cc3ccccc3C2C2C(=O)Nc3ccc(CN)cc32)c1C.Cc1cc(C)c(CC2=Cc3ccccc3C2C2C(=O)Nc3ccc(CN)cc32)[nH]1. The molecule has 10 rings (SSSR count). The van der Waals surface area contributed by atoms with E-state index in [4.69, 9.17) is 16.2 Å². The van der Waals surface area contributed by atoms with Crippen LogP contribution in [0.2, 0.25) is 0 Å². The van der Waals surface area contributed by atoms with Crippen LogP contribution in [0.4, 0.5) is 11.4 Å². The van der Waals surface area contributed by atoms with Crippen LogP contribution in [0.25, 0.3) is 12.2 Å². The molecule has 0 fully saturated rings. The third kappa shape index (κ3) is 7.53. The molecular weight excluding hydrogens is 785 g/mol. The van der Waals surface area contributed by atoms with Crippen LogP contribution in [0.1, 0.15) is 119 Å². The Labute approximate surface area is 368 Å². The van der Waals surface area contributed by atoms with E-state index < -0.39 is 0 Å². The first-order valence-electron chi connectivity index (χ1n) is 21.8. The highest BCUT2D eigenvalue weighted by Gasteiger charge is 2.44. The van der Waals surface area contributed by atoms with Crippen molar-refractivity contribution in [2.75, 3.05) is 17.2 Å². The van der Waals surface area contributed by atoms with Gasteiger partial charge < -0.3 is 36.8 Å². The molecule has 4 aromatic carbocycles. The van der Waals surface area contributed by atoms with Gasteiger partial charge in [-0.05, 0) is 108 Å². The van der Waals surface area contributed by atoms with Gasteiger partial charge in [0.25, 0.3) is 0 Å². The molecule has 10 nitrogen and oxygen atoms in total. The van der Waals surface area contributed by atoms with Crippen molar-refractivity contribution in [1.29, 1.82) is 0 Å². The topological polar surface area (TPSA) is 168 Å². The van der Waals surface area contributed by atoms with E-state index in [-0.39, 0.29) is 41.5 Å². The van der Waals surface area contributed by atoms with Gasteiger partial charge in [-0.1, -0.05) is 96.1 Å². The predicted molar refractivity (Wildman–Crippen MR) is 250 cm³/mol. The molecular formula is C53H54N6O4. The van der Waals surface area contributed by atoms with Crippen molar-refractivity contribution in [3.63, 3.8) is 0 Å². The lowest BCUT2D eigenvalue weighted by Crippen LogP contribution is -2.21. The Morgan fingerprint density at radius 3 is 1.60 bits per heavy atom. The number of anilines is 2. The second-order valence-corrected chi connectivity index (χ2v) is 17.3. The van der Waals surface area contributed by atoms with Gasteiger partial charge in [0.15, 0.2) is 0 Å². The third-order valence-electron chi connectivity index (χ3n) is 13.3. The number of ether oxygens (including phenoxy) is 1. The molecule has 4 heterocycles. The second kappa shape index (κ2) is 16.8. The van der Waals surface area contributed by atoms with Crippen LogP contribution in [-0.2, 0) is 40.3 Å². The van der Waals surface area contributed by atoms with Crippen molar-refractivity contribution < 1.29 is 19.1 Å². The van der Waals surface area contributed by atoms with E-state index in [1.807, 2.05) is 57.2 Å². The zero-order valence-corrected chi connectivity index (χ0v) is 36.4. The third-order valence-corrected chi connectivity index (χ3v) is 13.3. The predicted octanol–water partition coefficient (Wildman–Crippen LogP) is 9.28. The van der Waals surface area contributed by atoms with Crippen molar-refractivity contribution >= 4 is 41.3 Å². The Balaban J connectivity index is 0.000000162. The van der Waals surface area contributed by atoms with Gasteiger partial charge in [-0.15, -0.1) is 0 Å². The Bertz CT molecular complexity index is 2880. The lowest BCUT2D eigenvalue weighted by Gasteiger charge is -2.23. The van der Waals surface area contributed by atoms with Crippen LogP contribution in [0.5, 0.6) is 0 Å². The number of aromatic nitrogens is 2. The van der Waals surface area contributed by atoms with Gasteiger partial charge >= 0.3 is 5.97 Å². The molecule has 2 aliphatic heterocycles. The molecule has 320 valence electrons. The number of nitrogens with two attached hydrogens (primary N) is 2. The maximum Gasteiger partial charge on any atom is 0.340 e. The number of H-pyrrole nitrogens is 2. The van der Waals surface area contributed by atoms with E-state index in [9.17, 15) is 14.4 Å². The number of carbonyl (C=O) groups is 3. The molecule has 4 aliphatic rings. The Kier molecular flexibility index (Phi) is 11.1. The molecule has 2 aromatic heterocycles. The first-order valence-corrected chi connectivity index (χ1v) is 21.8. The lowest BCUT2D eigenvalue weighted by atomic mass is 9.78. The highest BCUT2D eigenvalue weighted by Crippen LogP contribution is 2.52. The van der Waals surface area contributed by atoms with E-state index in [1.54, 1.807) is 0 Å². The zero-order valence-electron chi connectivity index (χ0n) is 36.4. The number of hydrogen-bond acceptors (Lipinski definition) is 6. The number of aromatic amines is 2. The fourth-order valence-corrected chi connectivity index (χ4v) is 10.4. The average Bonchev–Trinajstić information content (AvgIpc) is 4.10. The van der Waals surface area contributed by atoms with E-state index in [2.05, 4.69) is 101 Å². The maximum atomic E-state index is 13.3.